The lowest BCUT2D eigenvalue weighted by Gasteiger charge is -2.18. The summed E-state index contributed by atoms with van der Waals surface area (Å²) in [6.07, 6.45) is 2.13. The van der Waals surface area contributed by atoms with Crippen LogP contribution in [0.25, 0.3) is 10.9 Å². The fraction of sp³-hybridized carbons (Fsp3) is 0.429. The molecule has 1 aromatic carbocycles. The van der Waals surface area contributed by atoms with Gasteiger partial charge >= 0.3 is 0 Å². The Hall–Kier alpha value is -1.48. The molecule has 92 valence electrons. The molecule has 2 N–H and O–H groups in total. The Bertz CT molecular complexity index is 535. The van der Waals surface area contributed by atoms with Gasteiger partial charge in [0.1, 0.15) is 5.75 Å². The molecule has 2 rings (SSSR count). The van der Waals surface area contributed by atoms with E-state index in [4.69, 9.17) is 10.5 Å². The predicted octanol–water partition coefficient (Wildman–Crippen LogP) is 2.86. The number of nitrogens with zero attached hydrogens (tertiary/aromatic N) is 1. The maximum absolute atomic E-state index is 6.25. The SMILES string of the molecule is CCn1cc(C(C)(C)N)c2c(OC)cccc21. The van der Waals surface area contributed by atoms with Gasteiger partial charge in [0.25, 0.3) is 0 Å². The van der Waals surface area contributed by atoms with Crippen LogP contribution in [0.4, 0.5) is 0 Å². The molecule has 0 saturated carbocycles. The van der Waals surface area contributed by atoms with Crippen LogP contribution < -0.4 is 10.5 Å². The van der Waals surface area contributed by atoms with Crippen LogP contribution in [0.1, 0.15) is 26.3 Å². The Morgan fingerprint density at radius 1 is 1.35 bits per heavy atom. The number of hydrogen-bond acceptors (Lipinski definition) is 2. The molecule has 1 heterocycles. The second-order valence-electron chi connectivity index (χ2n) is 4.90. The molecule has 0 unspecified atom stereocenters. The fourth-order valence-corrected chi connectivity index (χ4v) is 2.24. The largest absolute Gasteiger partial charge is 0.496 e. The molecular weight excluding hydrogens is 212 g/mol. The fourth-order valence-electron chi connectivity index (χ4n) is 2.24. The average molecular weight is 232 g/mol. The topological polar surface area (TPSA) is 40.2 Å². The van der Waals surface area contributed by atoms with Gasteiger partial charge in [-0.1, -0.05) is 6.07 Å². The summed E-state index contributed by atoms with van der Waals surface area (Å²) in [6.45, 7) is 7.11. The van der Waals surface area contributed by atoms with Crippen molar-refractivity contribution in [1.29, 1.82) is 0 Å². The number of nitrogens with two attached hydrogens (primary N) is 1. The smallest absolute Gasteiger partial charge is 0.128 e. The average Bonchev–Trinajstić information content (AvgIpc) is 2.67. The second-order valence-corrected chi connectivity index (χ2v) is 4.90. The van der Waals surface area contributed by atoms with E-state index >= 15 is 0 Å². The summed E-state index contributed by atoms with van der Waals surface area (Å²) in [5.41, 5.74) is 8.19. The monoisotopic (exact) mass is 232 g/mol. The maximum atomic E-state index is 6.25. The number of ether oxygens (including phenoxy) is 1. The minimum Gasteiger partial charge on any atom is -0.496 e. The molecule has 0 saturated heterocycles. The van der Waals surface area contributed by atoms with Crippen LogP contribution in [0.2, 0.25) is 0 Å². The molecule has 1 aromatic heterocycles. The van der Waals surface area contributed by atoms with Gasteiger partial charge in [-0.25, -0.2) is 0 Å². The van der Waals surface area contributed by atoms with E-state index < -0.39 is 0 Å². The third-order valence-electron chi connectivity index (χ3n) is 3.12. The zero-order valence-electron chi connectivity index (χ0n) is 10.9. The van der Waals surface area contributed by atoms with Crippen molar-refractivity contribution in [3.8, 4) is 5.75 Å². The summed E-state index contributed by atoms with van der Waals surface area (Å²) in [5.74, 6) is 0.892. The molecule has 0 amide bonds. The lowest BCUT2D eigenvalue weighted by atomic mass is 9.95. The number of fused-ring (bicyclic) bond motifs is 1. The van der Waals surface area contributed by atoms with Crippen molar-refractivity contribution in [3.63, 3.8) is 0 Å². The van der Waals surface area contributed by atoms with Crippen LogP contribution in [0.15, 0.2) is 24.4 Å². The highest BCUT2D eigenvalue weighted by Crippen LogP contribution is 2.35. The Morgan fingerprint density at radius 3 is 2.59 bits per heavy atom. The highest BCUT2D eigenvalue weighted by atomic mass is 16.5. The van der Waals surface area contributed by atoms with Crippen LogP contribution in [0, 0.1) is 0 Å². The number of rotatable bonds is 3. The van der Waals surface area contributed by atoms with Crippen molar-refractivity contribution in [2.45, 2.75) is 32.9 Å². The zero-order chi connectivity index (χ0) is 12.6. The van der Waals surface area contributed by atoms with Gasteiger partial charge < -0.3 is 15.0 Å². The summed E-state index contributed by atoms with van der Waals surface area (Å²) in [5, 5.41) is 1.13. The lowest BCUT2D eigenvalue weighted by Crippen LogP contribution is -2.28. The predicted molar refractivity (Wildman–Crippen MR) is 71.4 cm³/mol. The van der Waals surface area contributed by atoms with Crippen LogP contribution in [-0.2, 0) is 12.1 Å². The molecule has 17 heavy (non-hydrogen) atoms. The Morgan fingerprint density at radius 2 is 2.06 bits per heavy atom. The van der Waals surface area contributed by atoms with E-state index in [0.717, 1.165) is 23.2 Å². The summed E-state index contributed by atoms with van der Waals surface area (Å²) in [7, 11) is 1.70. The van der Waals surface area contributed by atoms with Crippen LogP contribution in [0.5, 0.6) is 5.75 Å². The van der Waals surface area contributed by atoms with E-state index in [1.54, 1.807) is 7.11 Å². The molecule has 0 bridgehead atoms. The summed E-state index contributed by atoms with van der Waals surface area (Å²) >= 11 is 0. The van der Waals surface area contributed by atoms with Gasteiger partial charge in [-0.2, -0.15) is 0 Å². The Labute approximate surface area is 102 Å². The first-order valence-corrected chi connectivity index (χ1v) is 5.94. The van der Waals surface area contributed by atoms with Crippen molar-refractivity contribution in [3.05, 3.63) is 30.0 Å². The van der Waals surface area contributed by atoms with Crippen molar-refractivity contribution < 1.29 is 4.74 Å². The third-order valence-corrected chi connectivity index (χ3v) is 3.12. The molecule has 0 aliphatic carbocycles. The minimum absolute atomic E-state index is 0.368. The molecule has 0 fully saturated rings. The van der Waals surface area contributed by atoms with E-state index in [9.17, 15) is 0 Å². The van der Waals surface area contributed by atoms with Crippen LogP contribution in [-0.4, -0.2) is 11.7 Å². The summed E-state index contributed by atoms with van der Waals surface area (Å²) in [4.78, 5) is 0. The minimum atomic E-state index is -0.368. The maximum Gasteiger partial charge on any atom is 0.128 e. The van der Waals surface area contributed by atoms with Gasteiger partial charge in [0.05, 0.1) is 12.6 Å². The van der Waals surface area contributed by atoms with Gasteiger partial charge in [-0.15, -0.1) is 0 Å². The van der Waals surface area contributed by atoms with Crippen molar-refractivity contribution in [2.24, 2.45) is 5.73 Å². The lowest BCUT2D eigenvalue weighted by molar-refractivity contribution is 0.418. The normalized spacial score (nSPS) is 12.1. The number of aromatic nitrogens is 1. The van der Waals surface area contributed by atoms with Crippen LogP contribution in [0.3, 0.4) is 0 Å². The van der Waals surface area contributed by atoms with E-state index in [2.05, 4.69) is 23.8 Å². The highest BCUT2D eigenvalue weighted by molar-refractivity contribution is 5.90. The molecule has 0 radical (unpaired) electrons. The molecule has 2 aromatic rings. The van der Waals surface area contributed by atoms with E-state index in [1.807, 2.05) is 26.0 Å². The molecule has 3 nitrogen and oxygen atoms in total. The number of methoxy groups -OCH3 is 1. The van der Waals surface area contributed by atoms with Crippen molar-refractivity contribution in [2.75, 3.05) is 7.11 Å². The quantitative estimate of drug-likeness (QED) is 0.884. The summed E-state index contributed by atoms with van der Waals surface area (Å²) in [6, 6.07) is 6.11. The Balaban J connectivity index is 2.84. The first-order chi connectivity index (χ1) is 7.99. The van der Waals surface area contributed by atoms with E-state index in [0.29, 0.717) is 0 Å². The number of benzene rings is 1. The van der Waals surface area contributed by atoms with Crippen molar-refractivity contribution >= 4 is 10.9 Å². The molecular formula is C14H20N2O. The first kappa shape index (κ1) is 12.0. The molecule has 3 heteroatoms. The zero-order valence-corrected chi connectivity index (χ0v) is 10.9. The third kappa shape index (κ3) is 1.91. The van der Waals surface area contributed by atoms with Gasteiger partial charge in [0.15, 0.2) is 0 Å². The van der Waals surface area contributed by atoms with Crippen molar-refractivity contribution in [1.82, 2.24) is 4.57 Å². The number of aryl methyl sites for hydroxylation is 1. The Kier molecular flexibility index (Phi) is 2.87. The van der Waals surface area contributed by atoms with Gasteiger partial charge in [0.2, 0.25) is 0 Å². The molecule has 0 spiro atoms. The van der Waals surface area contributed by atoms with E-state index in [1.165, 1.54) is 5.52 Å². The highest BCUT2D eigenvalue weighted by Gasteiger charge is 2.22. The van der Waals surface area contributed by atoms with E-state index in [-0.39, 0.29) is 5.54 Å². The van der Waals surface area contributed by atoms with Gasteiger partial charge in [-0.05, 0) is 32.9 Å². The van der Waals surface area contributed by atoms with Crippen LogP contribution >= 0.6 is 0 Å². The van der Waals surface area contributed by atoms with Gasteiger partial charge in [0, 0.05) is 29.2 Å². The van der Waals surface area contributed by atoms with Gasteiger partial charge in [-0.3, -0.25) is 0 Å². The molecule has 0 aliphatic heterocycles. The summed E-state index contributed by atoms with van der Waals surface area (Å²) < 4.78 is 7.66. The second kappa shape index (κ2) is 4.08. The standard InChI is InChI=1S/C14H20N2O/c1-5-16-9-10(14(2,3)15)13-11(16)7-6-8-12(13)17-4/h6-9H,5,15H2,1-4H3. The number of hydrogen-bond donors (Lipinski definition) is 1. The molecule has 0 aliphatic rings. The first-order valence-electron chi connectivity index (χ1n) is 5.94. The molecule has 0 atom stereocenters.